The van der Waals surface area contributed by atoms with Gasteiger partial charge >= 0.3 is 0 Å². The smallest absolute Gasteiger partial charge is 0.193 e. The van der Waals surface area contributed by atoms with Crippen LogP contribution in [0.3, 0.4) is 0 Å². The molecule has 0 atom stereocenters. The number of ketones is 1. The first-order chi connectivity index (χ1) is 15.0. The zero-order valence-electron chi connectivity index (χ0n) is 18.8. The van der Waals surface area contributed by atoms with Crippen molar-refractivity contribution in [1.82, 2.24) is 0 Å². The van der Waals surface area contributed by atoms with Crippen LogP contribution in [0.2, 0.25) is 0 Å². The second-order valence-electron chi connectivity index (χ2n) is 6.96. The normalized spacial score (nSPS) is 10.7. The van der Waals surface area contributed by atoms with Crippen molar-refractivity contribution in [3.63, 3.8) is 0 Å². The van der Waals surface area contributed by atoms with Crippen molar-refractivity contribution in [2.75, 3.05) is 34.9 Å². The van der Waals surface area contributed by atoms with Crippen LogP contribution in [0.15, 0.2) is 54.1 Å². The summed E-state index contributed by atoms with van der Waals surface area (Å²) >= 11 is 0. The summed E-state index contributed by atoms with van der Waals surface area (Å²) in [5.41, 5.74) is 3.07. The molecule has 31 heavy (non-hydrogen) atoms. The Morgan fingerprint density at radius 1 is 0.935 bits per heavy atom. The molecule has 0 spiro atoms. The Kier molecular flexibility index (Phi) is 9.81. The average molecular weight is 427 g/mol. The molecule has 2 rings (SSSR count). The van der Waals surface area contributed by atoms with Crippen molar-refractivity contribution >= 4 is 11.9 Å². The standard InChI is InChI=1S/C25H30O6/c1-18(2)11-13-20-22(29-5)15-23(30-16-27-3)24(25(20)31-17-28-4)21(26)14-12-19-9-7-6-8-10-19/h6-12,14-15H,13,16-17H2,1-5H3/b14-12+. The van der Waals surface area contributed by atoms with Gasteiger partial charge in [0.1, 0.15) is 22.8 Å². The van der Waals surface area contributed by atoms with Gasteiger partial charge in [0.15, 0.2) is 19.4 Å². The minimum absolute atomic E-state index is 0.0249. The van der Waals surface area contributed by atoms with Crippen LogP contribution in [-0.2, 0) is 15.9 Å². The van der Waals surface area contributed by atoms with Gasteiger partial charge in [-0.1, -0.05) is 48.1 Å². The first-order valence-electron chi connectivity index (χ1n) is 9.90. The van der Waals surface area contributed by atoms with Crippen molar-refractivity contribution in [2.24, 2.45) is 0 Å². The molecule has 0 fully saturated rings. The molecule has 0 aliphatic rings. The van der Waals surface area contributed by atoms with E-state index in [1.54, 1.807) is 19.3 Å². The zero-order chi connectivity index (χ0) is 22.6. The van der Waals surface area contributed by atoms with Crippen molar-refractivity contribution < 1.29 is 28.5 Å². The number of rotatable bonds is 12. The predicted molar refractivity (Wildman–Crippen MR) is 121 cm³/mol. The van der Waals surface area contributed by atoms with E-state index in [4.69, 9.17) is 23.7 Å². The number of methoxy groups -OCH3 is 3. The highest BCUT2D eigenvalue weighted by Gasteiger charge is 2.25. The van der Waals surface area contributed by atoms with Gasteiger partial charge < -0.3 is 23.7 Å². The van der Waals surface area contributed by atoms with Gasteiger partial charge in [-0.05, 0) is 31.9 Å². The molecule has 0 aromatic heterocycles. The molecule has 0 amide bonds. The molecule has 166 valence electrons. The minimum Gasteiger partial charge on any atom is -0.496 e. The molecule has 0 aliphatic heterocycles. The Hall–Kier alpha value is -3.09. The molecule has 0 unspecified atom stereocenters. The number of benzene rings is 2. The Morgan fingerprint density at radius 3 is 2.23 bits per heavy atom. The van der Waals surface area contributed by atoms with E-state index in [9.17, 15) is 4.79 Å². The summed E-state index contributed by atoms with van der Waals surface area (Å²) in [5, 5.41) is 0. The summed E-state index contributed by atoms with van der Waals surface area (Å²) in [6, 6.07) is 11.3. The van der Waals surface area contributed by atoms with E-state index < -0.39 is 0 Å². The lowest BCUT2D eigenvalue weighted by Crippen LogP contribution is -2.12. The quantitative estimate of drug-likeness (QED) is 0.204. The van der Waals surface area contributed by atoms with Gasteiger partial charge in [0.25, 0.3) is 0 Å². The van der Waals surface area contributed by atoms with E-state index in [0.717, 1.165) is 16.7 Å². The van der Waals surface area contributed by atoms with Gasteiger partial charge in [0.05, 0.1) is 7.11 Å². The van der Waals surface area contributed by atoms with Crippen LogP contribution in [0.4, 0.5) is 0 Å². The fourth-order valence-electron chi connectivity index (χ4n) is 2.90. The number of ether oxygens (including phenoxy) is 5. The number of carbonyl (C=O) groups is 1. The molecule has 0 aliphatic carbocycles. The molecule has 6 heteroatoms. The van der Waals surface area contributed by atoms with E-state index in [-0.39, 0.29) is 19.4 Å². The van der Waals surface area contributed by atoms with Crippen LogP contribution in [0.1, 0.15) is 35.3 Å². The van der Waals surface area contributed by atoms with Gasteiger partial charge in [-0.25, -0.2) is 0 Å². The second kappa shape index (κ2) is 12.6. The Balaban J connectivity index is 2.63. The molecule has 0 saturated heterocycles. The third-order valence-corrected chi connectivity index (χ3v) is 4.37. The Labute approximate surface area is 184 Å². The molecule has 0 heterocycles. The van der Waals surface area contributed by atoms with E-state index in [0.29, 0.717) is 29.2 Å². The topological polar surface area (TPSA) is 63.2 Å². The maximum Gasteiger partial charge on any atom is 0.193 e. The predicted octanol–water partition coefficient (Wildman–Crippen LogP) is 5.07. The van der Waals surface area contributed by atoms with Crippen LogP contribution in [-0.4, -0.2) is 40.7 Å². The molecule has 2 aromatic carbocycles. The van der Waals surface area contributed by atoms with Crippen molar-refractivity contribution in [2.45, 2.75) is 20.3 Å². The first-order valence-corrected chi connectivity index (χ1v) is 9.90. The van der Waals surface area contributed by atoms with Crippen LogP contribution < -0.4 is 14.2 Å². The first kappa shape index (κ1) is 24.2. The lowest BCUT2D eigenvalue weighted by Gasteiger charge is -2.20. The molecule has 0 radical (unpaired) electrons. The number of carbonyl (C=O) groups excluding carboxylic acids is 1. The highest BCUT2D eigenvalue weighted by atomic mass is 16.7. The molecule has 2 aromatic rings. The number of allylic oxidation sites excluding steroid dienone is 3. The van der Waals surface area contributed by atoms with Gasteiger partial charge in [-0.2, -0.15) is 0 Å². The summed E-state index contributed by atoms with van der Waals surface area (Å²) < 4.78 is 27.3. The molecule has 0 N–H and O–H groups in total. The Morgan fingerprint density at radius 2 is 1.61 bits per heavy atom. The monoisotopic (exact) mass is 426 g/mol. The van der Waals surface area contributed by atoms with E-state index in [2.05, 4.69) is 0 Å². The third kappa shape index (κ3) is 6.98. The molecule has 0 saturated carbocycles. The van der Waals surface area contributed by atoms with E-state index in [1.165, 1.54) is 20.3 Å². The lowest BCUT2D eigenvalue weighted by molar-refractivity contribution is 0.0439. The van der Waals surface area contributed by atoms with Gasteiger partial charge in [-0.15, -0.1) is 0 Å². The van der Waals surface area contributed by atoms with Gasteiger partial charge in [-0.3, -0.25) is 4.79 Å². The summed E-state index contributed by atoms with van der Waals surface area (Å²) in [4.78, 5) is 13.3. The maximum atomic E-state index is 13.3. The molecular weight excluding hydrogens is 396 g/mol. The molecular formula is C25H30O6. The fourth-order valence-corrected chi connectivity index (χ4v) is 2.90. The fraction of sp³-hybridized carbons (Fsp3) is 0.320. The SMILES string of the molecule is COCOc1cc(OC)c(CC=C(C)C)c(OCOC)c1C(=O)/C=C/c1ccccc1. The van der Waals surface area contributed by atoms with Crippen molar-refractivity contribution in [1.29, 1.82) is 0 Å². The van der Waals surface area contributed by atoms with Gasteiger partial charge in [0.2, 0.25) is 0 Å². The van der Waals surface area contributed by atoms with Crippen molar-refractivity contribution in [3.05, 3.63) is 70.8 Å². The summed E-state index contributed by atoms with van der Waals surface area (Å²) in [5.74, 6) is 0.974. The summed E-state index contributed by atoms with van der Waals surface area (Å²) in [6.45, 7) is 3.96. The summed E-state index contributed by atoms with van der Waals surface area (Å²) in [7, 11) is 4.60. The van der Waals surface area contributed by atoms with Gasteiger partial charge in [0, 0.05) is 25.8 Å². The second-order valence-corrected chi connectivity index (χ2v) is 6.96. The van der Waals surface area contributed by atoms with Crippen LogP contribution in [0.25, 0.3) is 6.08 Å². The molecule has 0 bridgehead atoms. The highest BCUT2D eigenvalue weighted by molar-refractivity contribution is 6.11. The molecule has 6 nitrogen and oxygen atoms in total. The number of hydrogen-bond donors (Lipinski definition) is 0. The Bertz CT molecular complexity index is 911. The lowest BCUT2D eigenvalue weighted by atomic mass is 9.99. The zero-order valence-corrected chi connectivity index (χ0v) is 18.8. The number of hydrogen-bond acceptors (Lipinski definition) is 6. The maximum absolute atomic E-state index is 13.3. The van der Waals surface area contributed by atoms with E-state index >= 15 is 0 Å². The third-order valence-electron chi connectivity index (χ3n) is 4.37. The van der Waals surface area contributed by atoms with Crippen LogP contribution >= 0.6 is 0 Å². The van der Waals surface area contributed by atoms with E-state index in [1.807, 2.05) is 50.3 Å². The largest absolute Gasteiger partial charge is 0.496 e. The van der Waals surface area contributed by atoms with Crippen LogP contribution in [0.5, 0.6) is 17.2 Å². The van der Waals surface area contributed by atoms with Crippen molar-refractivity contribution in [3.8, 4) is 17.2 Å². The summed E-state index contributed by atoms with van der Waals surface area (Å²) in [6.07, 6.45) is 5.82. The minimum atomic E-state index is -0.262. The van der Waals surface area contributed by atoms with Crippen LogP contribution in [0, 0.1) is 0 Å². The average Bonchev–Trinajstić information content (AvgIpc) is 2.78. The highest BCUT2D eigenvalue weighted by Crippen LogP contribution is 2.41.